The molecule has 0 heterocycles. The van der Waals surface area contributed by atoms with E-state index in [4.69, 9.17) is 18.0 Å². The van der Waals surface area contributed by atoms with E-state index in [0.717, 1.165) is 5.56 Å². The van der Waals surface area contributed by atoms with Gasteiger partial charge >= 0.3 is 0 Å². The van der Waals surface area contributed by atoms with E-state index in [9.17, 15) is 0 Å². The molecule has 1 aromatic carbocycles. The Morgan fingerprint density at radius 2 is 2.00 bits per heavy atom. The highest BCUT2D eigenvalue weighted by Gasteiger charge is 2.13. The van der Waals surface area contributed by atoms with Crippen LogP contribution in [0.25, 0.3) is 0 Å². The highest BCUT2D eigenvalue weighted by molar-refractivity contribution is 7.80. The number of thiocarbonyl (C=S) groups is 1. The number of hydrogen-bond donors (Lipinski definition) is 2. The fourth-order valence-electron chi connectivity index (χ4n) is 2.45. The number of anilines is 1. The molecule has 92 valence electrons. The minimum atomic E-state index is 0.470. The van der Waals surface area contributed by atoms with Gasteiger partial charge in [-0.2, -0.15) is 0 Å². The number of nitrogens with two attached hydrogens (primary N) is 1. The zero-order valence-corrected chi connectivity index (χ0v) is 11.1. The maximum atomic E-state index is 5.63. The van der Waals surface area contributed by atoms with Gasteiger partial charge in [0.1, 0.15) is 4.99 Å². The standard InChI is InChI=1S/C14H20N2S/c1-10-9-11(14(15)17)7-8-13(10)16-12-5-3-2-4-6-12/h7-9,12,16H,2-6H2,1H3,(H2,15,17). The van der Waals surface area contributed by atoms with Crippen LogP contribution < -0.4 is 11.1 Å². The van der Waals surface area contributed by atoms with Crippen LogP contribution in [0.15, 0.2) is 18.2 Å². The van der Waals surface area contributed by atoms with E-state index in [1.165, 1.54) is 43.4 Å². The molecule has 1 aromatic rings. The summed E-state index contributed by atoms with van der Waals surface area (Å²) in [6.45, 7) is 2.10. The Morgan fingerprint density at radius 3 is 2.59 bits per heavy atom. The Morgan fingerprint density at radius 1 is 1.29 bits per heavy atom. The molecule has 0 spiro atoms. The Kier molecular flexibility index (Phi) is 4.00. The maximum absolute atomic E-state index is 5.63. The lowest BCUT2D eigenvalue weighted by molar-refractivity contribution is 0.462. The van der Waals surface area contributed by atoms with Gasteiger partial charge in [0.15, 0.2) is 0 Å². The summed E-state index contributed by atoms with van der Waals surface area (Å²) in [6, 6.07) is 6.80. The van der Waals surface area contributed by atoms with Crippen molar-refractivity contribution < 1.29 is 0 Å². The fraction of sp³-hybridized carbons (Fsp3) is 0.500. The predicted octanol–water partition coefficient (Wildman–Crippen LogP) is 3.37. The van der Waals surface area contributed by atoms with E-state index in [-0.39, 0.29) is 0 Å². The second-order valence-corrected chi connectivity index (χ2v) is 5.31. The summed E-state index contributed by atoms with van der Waals surface area (Å²) in [5, 5.41) is 3.63. The van der Waals surface area contributed by atoms with Crippen molar-refractivity contribution in [2.45, 2.75) is 45.1 Å². The van der Waals surface area contributed by atoms with Crippen LogP contribution in [0.3, 0.4) is 0 Å². The van der Waals surface area contributed by atoms with Crippen LogP contribution in [0, 0.1) is 6.92 Å². The molecule has 2 nitrogen and oxygen atoms in total. The van der Waals surface area contributed by atoms with Crippen molar-refractivity contribution in [3.05, 3.63) is 29.3 Å². The smallest absolute Gasteiger partial charge is 0.103 e. The summed E-state index contributed by atoms with van der Waals surface area (Å²) in [5.74, 6) is 0. The molecule has 0 atom stereocenters. The van der Waals surface area contributed by atoms with E-state index in [0.29, 0.717) is 11.0 Å². The second-order valence-electron chi connectivity index (χ2n) is 4.87. The van der Waals surface area contributed by atoms with Crippen molar-refractivity contribution in [1.29, 1.82) is 0 Å². The highest BCUT2D eigenvalue weighted by Crippen LogP contribution is 2.24. The first-order chi connectivity index (χ1) is 8.16. The van der Waals surface area contributed by atoms with Crippen LogP contribution in [-0.4, -0.2) is 11.0 Å². The molecule has 0 amide bonds. The van der Waals surface area contributed by atoms with Crippen molar-refractivity contribution in [3.63, 3.8) is 0 Å². The lowest BCUT2D eigenvalue weighted by atomic mass is 9.95. The molecule has 3 heteroatoms. The molecule has 1 aliphatic carbocycles. The molecule has 17 heavy (non-hydrogen) atoms. The van der Waals surface area contributed by atoms with Gasteiger partial charge in [0.05, 0.1) is 0 Å². The van der Waals surface area contributed by atoms with Crippen molar-refractivity contribution in [2.24, 2.45) is 5.73 Å². The molecule has 0 radical (unpaired) electrons. The zero-order chi connectivity index (χ0) is 12.3. The molecule has 0 unspecified atom stereocenters. The maximum Gasteiger partial charge on any atom is 0.103 e. The zero-order valence-electron chi connectivity index (χ0n) is 10.3. The van der Waals surface area contributed by atoms with Gasteiger partial charge in [-0.3, -0.25) is 0 Å². The van der Waals surface area contributed by atoms with Gasteiger partial charge in [0, 0.05) is 17.3 Å². The lowest BCUT2D eigenvalue weighted by Crippen LogP contribution is -2.22. The van der Waals surface area contributed by atoms with Gasteiger partial charge < -0.3 is 11.1 Å². The third-order valence-corrected chi connectivity index (χ3v) is 3.71. The summed E-state index contributed by atoms with van der Waals surface area (Å²) in [5.41, 5.74) is 9.02. The van der Waals surface area contributed by atoms with Crippen LogP contribution in [0.4, 0.5) is 5.69 Å². The number of nitrogens with one attached hydrogen (secondary N) is 1. The first-order valence-corrected chi connectivity index (χ1v) is 6.74. The SMILES string of the molecule is Cc1cc(C(N)=S)ccc1NC1CCCCC1. The Hall–Kier alpha value is -1.09. The van der Waals surface area contributed by atoms with E-state index < -0.39 is 0 Å². The highest BCUT2D eigenvalue weighted by atomic mass is 32.1. The molecule has 0 aliphatic heterocycles. The molecule has 1 fully saturated rings. The van der Waals surface area contributed by atoms with E-state index in [1.54, 1.807) is 0 Å². The summed E-state index contributed by atoms with van der Waals surface area (Å²) >= 11 is 4.98. The largest absolute Gasteiger partial charge is 0.389 e. The van der Waals surface area contributed by atoms with E-state index in [2.05, 4.69) is 24.4 Å². The number of aryl methyl sites for hydroxylation is 1. The van der Waals surface area contributed by atoms with Gasteiger partial charge in [-0.05, 0) is 43.5 Å². The van der Waals surface area contributed by atoms with Crippen LogP contribution >= 0.6 is 12.2 Å². The first kappa shape index (κ1) is 12.4. The summed E-state index contributed by atoms with van der Waals surface area (Å²) in [7, 11) is 0. The lowest BCUT2D eigenvalue weighted by Gasteiger charge is -2.25. The third-order valence-electron chi connectivity index (χ3n) is 3.48. The molecular weight excluding hydrogens is 228 g/mol. The van der Waals surface area contributed by atoms with Crippen molar-refractivity contribution in [3.8, 4) is 0 Å². The molecule has 3 N–H and O–H groups in total. The number of hydrogen-bond acceptors (Lipinski definition) is 2. The Balaban J connectivity index is 2.08. The number of benzene rings is 1. The van der Waals surface area contributed by atoms with E-state index >= 15 is 0 Å². The summed E-state index contributed by atoms with van der Waals surface area (Å²) in [4.78, 5) is 0.470. The van der Waals surface area contributed by atoms with Gasteiger partial charge in [-0.25, -0.2) is 0 Å². The number of rotatable bonds is 3. The van der Waals surface area contributed by atoms with Crippen molar-refractivity contribution in [1.82, 2.24) is 0 Å². The van der Waals surface area contributed by atoms with Crippen molar-refractivity contribution in [2.75, 3.05) is 5.32 Å². The average molecular weight is 248 g/mol. The quantitative estimate of drug-likeness (QED) is 0.805. The van der Waals surface area contributed by atoms with Crippen LogP contribution in [0.1, 0.15) is 43.2 Å². The van der Waals surface area contributed by atoms with Gasteiger partial charge in [0.25, 0.3) is 0 Å². The summed E-state index contributed by atoms with van der Waals surface area (Å²) < 4.78 is 0. The van der Waals surface area contributed by atoms with Crippen molar-refractivity contribution >= 4 is 22.9 Å². The molecule has 1 aliphatic rings. The van der Waals surface area contributed by atoms with Gasteiger partial charge in [0.2, 0.25) is 0 Å². The average Bonchev–Trinajstić information content (AvgIpc) is 2.33. The van der Waals surface area contributed by atoms with E-state index in [1.807, 2.05) is 6.07 Å². The van der Waals surface area contributed by atoms with Gasteiger partial charge in [-0.15, -0.1) is 0 Å². The van der Waals surface area contributed by atoms with Crippen LogP contribution in [0.5, 0.6) is 0 Å². The Bertz CT molecular complexity index is 409. The second kappa shape index (κ2) is 5.50. The topological polar surface area (TPSA) is 38.0 Å². The molecule has 1 saturated carbocycles. The molecular formula is C14H20N2S. The minimum Gasteiger partial charge on any atom is -0.389 e. The monoisotopic (exact) mass is 248 g/mol. The predicted molar refractivity (Wildman–Crippen MR) is 77.6 cm³/mol. The van der Waals surface area contributed by atoms with Gasteiger partial charge in [-0.1, -0.05) is 31.5 Å². The summed E-state index contributed by atoms with van der Waals surface area (Å²) in [6.07, 6.45) is 6.66. The molecule has 0 bridgehead atoms. The fourth-order valence-corrected chi connectivity index (χ4v) is 2.57. The molecule has 0 saturated heterocycles. The Labute approximate surface area is 109 Å². The minimum absolute atomic E-state index is 0.470. The molecule has 2 rings (SSSR count). The van der Waals surface area contributed by atoms with Crippen LogP contribution in [0.2, 0.25) is 0 Å². The normalized spacial score (nSPS) is 16.8. The molecule has 0 aromatic heterocycles. The first-order valence-electron chi connectivity index (χ1n) is 6.34. The van der Waals surface area contributed by atoms with Crippen LogP contribution in [-0.2, 0) is 0 Å². The third kappa shape index (κ3) is 3.19.